The van der Waals surface area contributed by atoms with Crippen LogP contribution in [0.3, 0.4) is 0 Å². The quantitative estimate of drug-likeness (QED) is 0.801. The van der Waals surface area contributed by atoms with Gasteiger partial charge in [0.15, 0.2) is 0 Å². The largest absolute Gasteiger partial charge is 0.491 e. The summed E-state index contributed by atoms with van der Waals surface area (Å²) < 4.78 is 5.53. The predicted octanol–water partition coefficient (Wildman–Crippen LogP) is 3.17. The minimum absolute atomic E-state index is 0.0144. The van der Waals surface area contributed by atoms with Crippen molar-refractivity contribution in [3.05, 3.63) is 28.2 Å². The molecule has 19 heavy (non-hydrogen) atoms. The van der Waals surface area contributed by atoms with Crippen LogP contribution >= 0.6 is 23.2 Å². The van der Waals surface area contributed by atoms with E-state index in [2.05, 4.69) is 0 Å². The van der Waals surface area contributed by atoms with Crippen LogP contribution in [0, 0.1) is 0 Å². The molecule has 1 aromatic rings. The number of carboxylic acid groups (broad SMARTS) is 1. The van der Waals surface area contributed by atoms with Gasteiger partial charge in [0, 0.05) is 17.6 Å². The van der Waals surface area contributed by atoms with E-state index < -0.39 is 5.97 Å². The molecular formula is C13H17Cl2NO3. The van der Waals surface area contributed by atoms with E-state index >= 15 is 0 Å². The minimum Gasteiger partial charge on any atom is -0.491 e. The lowest BCUT2D eigenvalue weighted by Crippen LogP contribution is -2.34. The van der Waals surface area contributed by atoms with Crippen LogP contribution < -0.4 is 4.74 Å². The lowest BCUT2D eigenvalue weighted by molar-refractivity contribution is -0.138. The molecule has 0 atom stereocenters. The summed E-state index contributed by atoms with van der Waals surface area (Å²) in [4.78, 5) is 12.5. The second-order valence-corrected chi connectivity index (χ2v) is 4.94. The molecular weight excluding hydrogens is 289 g/mol. The lowest BCUT2D eigenvalue weighted by atomic mass is 10.3. The van der Waals surface area contributed by atoms with Crippen molar-refractivity contribution in [1.29, 1.82) is 0 Å². The van der Waals surface area contributed by atoms with E-state index in [4.69, 9.17) is 33.0 Å². The number of benzene rings is 1. The van der Waals surface area contributed by atoms with Gasteiger partial charge in [0.05, 0.1) is 11.6 Å². The first kappa shape index (κ1) is 16.1. The molecule has 0 amide bonds. The molecule has 106 valence electrons. The predicted molar refractivity (Wildman–Crippen MR) is 76.3 cm³/mol. The van der Waals surface area contributed by atoms with Crippen molar-refractivity contribution in [2.24, 2.45) is 0 Å². The third kappa shape index (κ3) is 6.14. The molecule has 0 unspecified atom stereocenters. The molecule has 0 radical (unpaired) electrons. The summed E-state index contributed by atoms with van der Waals surface area (Å²) in [5, 5.41) is 9.83. The van der Waals surface area contributed by atoms with Gasteiger partial charge in [-0.2, -0.15) is 0 Å². The molecule has 4 nitrogen and oxygen atoms in total. The zero-order valence-corrected chi connectivity index (χ0v) is 12.2. The van der Waals surface area contributed by atoms with Gasteiger partial charge in [-0.3, -0.25) is 9.69 Å². The van der Waals surface area contributed by atoms with Crippen LogP contribution in [0.5, 0.6) is 5.75 Å². The Morgan fingerprint density at radius 3 is 2.74 bits per heavy atom. The van der Waals surface area contributed by atoms with Gasteiger partial charge in [-0.05, 0) is 25.1 Å². The standard InChI is InChI=1S/C13H17Cl2NO3/c1-2-5-16(9-13(17)18)6-7-19-12-8-10(14)3-4-11(12)15/h3-4,8H,2,5-7,9H2,1H3,(H,17,18). The van der Waals surface area contributed by atoms with E-state index in [1.807, 2.05) is 11.8 Å². The molecule has 1 aromatic carbocycles. The summed E-state index contributed by atoms with van der Waals surface area (Å²) in [5.74, 6) is -0.324. The number of nitrogens with zero attached hydrogens (tertiary/aromatic N) is 1. The highest BCUT2D eigenvalue weighted by atomic mass is 35.5. The average Bonchev–Trinajstić information content (AvgIpc) is 2.33. The number of carboxylic acids is 1. The van der Waals surface area contributed by atoms with Crippen molar-refractivity contribution in [2.45, 2.75) is 13.3 Å². The fraction of sp³-hybridized carbons (Fsp3) is 0.462. The molecule has 0 saturated heterocycles. The molecule has 0 bridgehead atoms. The third-order valence-corrected chi connectivity index (χ3v) is 3.00. The number of carbonyl (C=O) groups is 1. The maximum Gasteiger partial charge on any atom is 0.317 e. The van der Waals surface area contributed by atoms with E-state index in [9.17, 15) is 4.79 Å². The fourth-order valence-corrected chi connectivity index (χ4v) is 1.98. The normalized spacial score (nSPS) is 10.7. The maximum absolute atomic E-state index is 10.7. The average molecular weight is 306 g/mol. The van der Waals surface area contributed by atoms with Crippen LogP contribution in [-0.4, -0.2) is 42.2 Å². The topological polar surface area (TPSA) is 49.8 Å². The van der Waals surface area contributed by atoms with Crippen molar-refractivity contribution in [3.63, 3.8) is 0 Å². The summed E-state index contributed by atoms with van der Waals surface area (Å²) in [6, 6.07) is 5.00. The molecule has 6 heteroatoms. The molecule has 0 aliphatic rings. The molecule has 0 heterocycles. The van der Waals surface area contributed by atoms with Crippen LogP contribution in [0.15, 0.2) is 18.2 Å². The number of hydrogen-bond donors (Lipinski definition) is 1. The monoisotopic (exact) mass is 305 g/mol. The zero-order chi connectivity index (χ0) is 14.3. The highest BCUT2D eigenvalue weighted by Gasteiger charge is 2.09. The number of ether oxygens (including phenoxy) is 1. The number of hydrogen-bond acceptors (Lipinski definition) is 3. The molecule has 0 fully saturated rings. The molecule has 0 saturated carbocycles. The molecule has 0 aromatic heterocycles. The maximum atomic E-state index is 10.7. The van der Waals surface area contributed by atoms with Crippen LogP contribution in [0.2, 0.25) is 10.0 Å². The minimum atomic E-state index is -0.839. The molecule has 0 aliphatic carbocycles. The van der Waals surface area contributed by atoms with Gasteiger partial charge < -0.3 is 9.84 Å². The van der Waals surface area contributed by atoms with Crippen LogP contribution in [0.4, 0.5) is 0 Å². The van der Waals surface area contributed by atoms with Crippen molar-refractivity contribution in [2.75, 3.05) is 26.2 Å². The summed E-state index contributed by atoms with van der Waals surface area (Å²) in [6.07, 6.45) is 0.894. The van der Waals surface area contributed by atoms with Crippen molar-refractivity contribution >= 4 is 29.2 Å². The van der Waals surface area contributed by atoms with Gasteiger partial charge in [-0.15, -0.1) is 0 Å². The Balaban J connectivity index is 2.46. The van der Waals surface area contributed by atoms with Crippen LogP contribution in [0.25, 0.3) is 0 Å². The molecule has 1 N–H and O–H groups in total. The van der Waals surface area contributed by atoms with Crippen LogP contribution in [-0.2, 0) is 4.79 Å². The van der Waals surface area contributed by atoms with Gasteiger partial charge in [-0.1, -0.05) is 30.1 Å². The van der Waals surface area contributed by atoms with Crippen molar-refractivity contribution in [1.82, 2.24) is 4.90 Å². The molecule has 0 aliphatic heterocycles. The smallest absolute Gasteiger partial charge is 0.317 e. The molecule has 1 rings (SSSR count). The Morgan fingerprint density at radius 1 is 1.37 bits per heavy atom. The fourth-order valence-electron chi connectivity index (χ4n) is 1.65. The summed E-state index contributed by atoms with van der Waals surface area (Å²) >= 11 is 11.8. The van der Waals surface area contributed by atoms with E-state index in [-0.39, 0.29) is 6.54 Å². The summed E-state index contributed by atoms with van der Waals surface area (Å²) in [5.41, 5.74) is 0. The number of aliphatic carboxylic acids is 1. The highest BCUT2D eigenvalue weighted by molar-refractivity contribution is 6.34. The van der Waals surface area contributed by atoms with Gasteiger partial charge in [0.2, 0.25) is 0 Å². The number of rotatable bonds is 8. The van der Waals surface area contributed by atoms with E-state index in [0.717, 1.165) is 13.0 Å². The summed E-state index contributed by atoms with van der Waals surface area (Å²) in [6.45, 7) is 3.64. The van der Waals surface area contributed by atoms with Crippen molar-refractivity contribution < 1.29 is 14.6 Å². The Labute approximate surface area is 122 Å². The third-order valence-electron chi connectivity index (χ3n) is 2.46. The second kappa shape index (κ2) is 8.25. The summed E-state index contributed by atoms with van der Waals surface area (Å²) in [7, 11) is 0. The van der Waals surface area contributed by atoms with Gasteiger partial charge in [-0.25, -0.2) is 0 Å². The van der Waals surface area contributed by atoms with E-state index in [1.165, 1.54) is 0 Å². The second-order valence-electron chi connectivity index (χ2n) is 4.09. The Kier molecular flexibility index (Phi) is 6.99. The van der Waals surface area contributed by atoms with Crippen LogP contribution in [0.1, 0.15) is 13.3 Å². The Hall–Kier alpha value is -0.970. The zero-order valence-electron chi connectivity index (χ0n) is 10.7. The first-order valence-electron chi connectivity index (χ1n) is 6.05. The van der Waals surface area contributed by atoms with Gasteiger partial charge in [0.1, 0.15) is 12.4 Å². The SMILES string of the molecule is CCCN(CCOc1cc(Cl)ccc1Cl)CC(=O)O. The van der Waals surface area contributed by atoms with E-state index in [0.29, 0.717) is 28.9 Å². The first-order valence-corrected chi connectivity index (χ1v) is 6.80. The Bertz CT molecular complexity index is 426. The van der Waals surface area contributed by atoms with Gasteiger partial charge >= 0.3 is 5.97 Å². The van der Waals surface area contributed by atoms with E-state index in [1.54, 1.807) is 18.2 Å². The molecule has 0 spiro atoms. The first-order chi connectivity index (χ1) is 9.02. The Morgan fingerprint density at radius 2 is 2.11 bits per heavy atom. The van der Waals surface area contributed by atoms with Gasteiger partial charge in [0.25, 0.3) is 0 Å². The lowest BCUT2D eigenvalue weighted by Gasteiger charge is -2.19. The number of halogens is 2. The highest BCUT2D eigenvalue weighted by Crippen LogP contribution is 2.27. The van der Waals surface area contributed by atoms with Crippen molar-refractivity contribution in [3.8, 4) is 5.75 Å².